The van der Waals surface area contributed by atoms with Crippen LogP contribution < -0.4 is 0 Å². The molecule has 0 atom stereocenters. The van der Waals surface area contributed by atoms with Crippen LogP contribution in [0.25, 0.3) is 118 Å². The predicted molar refractivity (Wildman–Crippen MR) is 263 cm³/mol. The minimum absolute atomic E-state index is 0.520. The number of nitrogens with zero attached hydrogens (tertiary/aromatic N) is 7. The van der Waals surface area contributed by atoms with Gasteiger partial charge in [0, 0.05) is 44.2 Å². The van der Waals surface area contributed by atoms with Crippen molar-refractivity contribution >= 4 is 32.6 Å². The van der Waals surface area contributed by atoms with Crippen LogP contribution in [0.2, 0.25) is 0 Å². The molecule has 0 saturated heterocycles. The summed E-state index contributed by atoms with van der Waals surface area (Å²) in [6.07, 6.45) is 0. The second-order valence-corrected chi connectivity index (χ2v) is 15.9. The number of aromatic nitrogens is 7. The van der Waals surface area contributed by atoms with Crippen molar-refractivity contribution in [2.45, 2.75) is 0 Å². The summed E-state index contributed by atoms with van der Waals surface area (Å²) in [5.41, 5.74) is 10.5. The van der Waals surface area contributed by atoms with Crippen molar-refractivity contribution in [3.8, 4) is 85.1 Å². The van der Waals surface area contributed by atoms with Gasteiger partial charge in [0.05, 0.1) is 16.7 Å². The van der Waals surface area contributed by atoms with Crippen molar-refractivity contribution in [3.63, 3.8) is 0 Å². The lowest BCUT2D eigenvalue weighted by atomic mass is 9.99. The molecule has 0 aliphatic heterocycles. The van der Waals surface area contributed by atoms with E-state index in [1.54, 1.807) is 0 Å². The highest BCUT2D eigenvalue weighted by atomic mass is 15.1. The van der Waals surface area contributed by atoms with Gasteiger partial charge in [-0.05, 0) is 58.3 Å². The molecule has 3 aromatic heterocycles. The third-order valence-electron chi connectivity index (χ3n) is 11.9. The monoisotopic (exact) mass is 831 g/mol. The number of hydrogen-bond donors (Lipinski definition) is 0. The smallest absolute Gasteiger partial charge is 0.166 e. The van der Waals surface area contributed by atoms with Crippen molar-refractivity contribution in [2.75, 3.05) is 0 Å². The van der Waals surface area contributed by atoms with Crippen LogP contribution in [0.5, 0.6) is 0 Å². The van der Waals surface area contributed by atoms with E-state index < -0.39 is 0 Å². The summed E-state index contributed by atoms with van der Waals surface area (Å²) in [5, 5.41) is 4.57. The summed E-state index contributed by atoms with van der Waals surface area (Å²) in [5.74, 6) is 3.36. The van der Waals surface area contributed by atoms with Crippen LogP contribution in [0, 0.1) is 0 Å². The maximum atomic E-state index is 5.30. The van der Waals surface area contributed by atoms with Gasteiger partial charge >= 0.3 is 0 Å². The van der Waals surface area contributed by atoms with Gasteiger partial charge in [0.2, 0.25) is 0 Å². The van der Waals surface area contributed by atoms with Gasteiger partial charge in [-0.25, -0.2) is 29.9 Å². The highest BCUT2D eigenvalue weighted by molar-refractivity contribution is 6.16. The molecule has 0 spiro atoms. The zero-order chi connectivity index (χ0) is 43.1. The first kappa shape index (κ1) is 37.8. The molecule has 12 rings (SSSR count). The fourth-order valence-corrected chi connectivity index (χ4v) is 8.79. The molecule has 304 valence electrons. The Bertz CT molecular complexity index is 3640. The Balaban J connectivity index is 1.15. The molecule has 0 unspecified atom stereocenters. The fourth-order valence-electron chi connectivity index (χ4n) is 8.79. The SMILES string of the molecule is c1ccc(-c2nc(-c3ccc(-n4c5ccccc5c5c(-c6ccccc6)cccc54)c(-c4nc(-c5ccccc5)nc(-c5ccccc5)n4)c3)nc(-c3ccc4ccccc4c3)n2)cc1. The van der Waals surface area contributed by atoms with Gasteiger partial charge in [0.25, 0.3) is 0 Å². The minimum Gasteiger partial charge on any atom is -0.308 e. The van der Waals surface area contributed by atoms with Crippen LogP contribution in [-0.2, 0) is 0 Å². The van der Waals surface area contributed by atoms with E-state index in [-0.39, 0.29) is 0 Å². The van der Waals surface area contributed by atoms with Gasteiger partial charge in [0.15, 0.2) is 34.9 Å². The highest BCUT2D eigenvalue weighted by Crippen LogP contribution is 2.41. The van der Waals surface area contributed by atoms with Gasteiger partial charge in [0.1, 0.15) is 0 Å². The predicted octanol–water partition coefficient (Wildman–Crippen LogP) is 14.0. The molecule has 0 bridgehead atoms. The fraction of sp³-hybridized carbons (Fsp3) is 0. The lowest BCUT2D eigenvalue weighted by molar-refractivity contribution is 1.06. The summed E-state index contributed by atoms with van der Waals surface area (Å²) in [7, 11) is 0. The van der Waals surface area contributed by atoms with Crippen molar-refractivity contribution < 1.29 is 0 Å². The zero-order valence-corrected chi connectivity index (χ0v) is 35.0. The van der Waals surface area contributed by atoms with Crippen molar-refractivity contribution in [3.05, 3.63) is 224 Å². The molecule has 0 aliphatic rings. The Morgan fingerprint density at radius 1 is 0.262 bits per heavy atom. The van der Waals surface area contributed by atoms with Crippen LogP contribution in [0.3, 0.4) is 0 Å². The van der Waals surface area contributed by atoms with Crippen molar-refractivity contribution in [1.82, 2.24) is 34.5 Å². The first-order valence-corrected chi connectivity index (χ1v) is 21.6. The Morgan fingerprint density at radius 2 is 0.708 bits per heavy atom. The van der Waals surface area contributed by atoms with Gasteiger partial charge in [-0.1, -0.05) is 188 Å². The van der Waals surface area contributed by atoms with Crippen molar-refractivity contribution in [1.29, 1.82) is 0 Å². The lowest BCUT2D eigenvalue weighted by Gasteiger charge is -2.16. The quantitative estimate of drug-likeness (QED) is 0.152. The summed E-state index contributed by atoms with van der Waals surface area (Å²) in [6.45, 7) is 0. The van der Waals surface area contributed by atoms with Gasteiger partial charge in [-0.2, -0.15) is 0 Å². The first-order valence-electron chi connectivity index (χ1n) is 21.6. The minimum atomic E-state index is 0.520. The molecule has 3 heterocycles. The Hall–Kier alpha value is -8.94. The first-order chi connectivity index (χ1) is 32.2. The molecule has 0 aliphatic carbocycles. The highest BCUT2D eigenvalue weighted by Gasteiger charge is 2.23. The summed E-state index contributed by atoms with van der Waals surface area (Å²) < 4.78 is 2.34. The topological polar surface area (TPSA) is 82.3 Å². The van der Waals surface area contributed by atoms with Crippen molar-refractivity contribution in [2.24, 2.45) is 0 Å². The van der Waals surface area contributed by atoms with Crippen LogP contribution in [0.4, 0.5) is 0 Å². The van der Waals surface area contributed by atoms with E-state index in [1.807, 2.05) is 91.0 Å². The molecule has 0 radical (unpaired) electrons. The Labute approximate surface area is 375 Å². The molecular weight excluding hydrogens is 795 g/mol. The molecule has 65 heavy (non-hydrogen) atoms. The maximum Gasteiger partial charge on any atom is 0.166 e. The average Bonchev–Trinajstić information content (AvgIpc) is 3.73. The Morgan fingerprint density at radius 3 is 1.31 bits per heavy atom. The third-order valence-corrected chi connectivity index (χ3v) is 11.9. The third kappa shape index (κ3) is 6.98. The number of benzene rings is 9. The standard InChI is InChI=1S/C58H37N7/c1-5-19-39(20-6-1)46-29-17-31-51-52(46)47-28-15-16-30-49(47)65(51)50-35-34-45(37-48(50)58-63-54(41-23-9-3-10-24-41)59-55(64-58)42-25-11-4-12-26-42)57-61-53(40-21-7-2-8-22-40)60-56(62-57)44-33-32-38-18-13-14-27-43(38)36-44/h1-37H. The largest absolute Gasteiger partial charge is 0.308 e. The number of fused-ring (bicyclic) bond motifs is 4. The molecule has 0 fully saturated rings. The number of para-hydroxylation sites is 1. The van der Waals surface area contributed by atoms with Gasteiger partial charge in [-0.15, -0.1) is 0 Å². The summed E-state index contributed by atoms with van der Waals surface area (Å²) in [4.78, 5) is 31.2. The number of hydrogen-bond acceptors (Lipinski definition) is 6. The zero-order valence-electron chi connectivity index (χ0n) is 35.0. The van der Waals surface area contributed by atoms with E-state index in [0.717, 1.165) is 77.4 Å². The lowest BCUT2D eigenvalue weighted by Crippen LogP contribution is -2.05. The van der Waals surface area contributed by atoms with E-state index in [4.69, 9.17) is 29.9 Å². The molecule has 7 heteroatoms. The van der Waals surface area contributed by atoms with E-state index in [2.05, 4.69) is 138 Å². The molecule has 0 saturated carbocycles. The van der Waals surface area contributed by atoms with E-state index in [0.29, 0.717) is 34.9 Å². The summed E-state index contributed by atoms with van der Waals surface area (Å²) in [6, 6.07) is 77.1. The van der Waals surface area contributed by atoms with E-state index >= 15 is 0 Å². The molecule has 0 amide bonds. The maximum absolute atomic E-state index is 5.30. The molecular formula is C58H37N7. The van der Waals surface area contributed by atoms with Crippen LogP contribution >= 0.6 is 0 Å². The normalized spacial score (nSPS) is 11.4. The van der Waals surface area contributed by atoms with Crippen LogP contribution in [0.15, 0.2) is 224 Å². The van der Waals surface area contributed by atoms with E-state index in [1.165, 1.54) is 5.39 Å². The average molecular weight is 832 g/mol. The van der Waals surface area contributed by atoms with Gasteiger partial charge < -0.3 is 4.57 Å². The molecule has 0 N–H and O–H groups in total. The number of rotatable bonds is 8. The van der Waals surface area contributed by atoms with Crippen LogP contribution in [-0.4, -0.2) is 34.5 Å². The van der Waals surface area contributed by atoms with Crippen LogP contribution in [0.1, 0.15) is 0 Å². The second kappa shape index (κ2) is 16.1. The molecule has 9 aromatic carbocycles. The van der Waals surface area contributed by atoms with Gasteiger partial charge in [-0.3, -0.25) is 0 Å². The summed E-state index contributed by atoms with van der Waals surface area (Å²) >= 11 is 0. The van der Waals surface area contributed by atoms with E-state index in [9.17, 15) is 0 Å². The Kier molecular flexibility index (Phi) is 9.34. The molecule has 12 aromatic rings. The second-order valence-electron chi connectivity index (χ2n) is 15.9. The molecule has 7 nitrogen and oxygen atoms in total.